The molecule has 1 aliphatic heterocycles. The molecule has 1 N–H and O–H groups in total. The largest absolute Gasteiger partial charge is 0.452 e. The number of anilines is 1. The van der Waals surface area contributed by atoms with E-state index < -0.39 is 5.79 Å². The number of nitrogens with one attached hydrogen (secondary N) is 1. The number of carbonyl (C=O) groups is 1. The topological polar surface area (TPSA) is 47.6 Å². The lowest BCUT2D eigenvalue weighted by Gasteiger charge is -2.31. The van der Waals surface area contributed by atoms with Gasteiger partial charge in [0.1, 0.15) is 11.3 Å². The highest BCUT2D eigenvalue weighted by Crippen LogP contribution is 2.33. The summed E-state index contributed by atoms with van der Waals surface area (Å²) < 4.78 is 11.0. The third kappa shape index (κ3) is 4.76. The van der Waals surface area contributed by atoms with Crippen LogP contribution in [0.25, 0.3) is 0 Å². The molecule has 0 amide bonds. The molecule has 0 aliphatic carbocycles. The van der Waals surface area contributed by atoms with Crippen LogP contribution >= 0.6 is 11.6 Å². The fraction of sp³-hybridized carbons (Fsp3) is 0.160. The van der Waals surface area contributed by atoms with Gasteiger partial charge < -0.3 is 14.8 Å². The molecule has 0 spiro atoms. The lowest BCUT2D eigenvalue weighted by molar-refractivity contribution is -0.127. The van der Waals surface area contributed by atoms with E-state index in [-0.39, 0.29) is 5.97 Å². The van der Waals surface area contributed by atoms with E-state index in [9.17, 15) is 4.79 Å². The van der Waals surface area contributed by atoms with Crippen LogP contribution in [-0.2, 0) is 11.3 Å². The van der Waals surface area contributed by atoms with Crippen molar-refractivity contribution >= 4 is 23.3 Å². The second-order valence-corrected chi connectivity index (χ2v) is 7.85. The number of hydrogen-bond donors (Lipinski definition) is 1. The Labute approximate surface area is 180 Å². The van der Waals surface area contributed by atoms with Crippen LogP contribution in [0.5, 0.6) is 5.75 Å². The Balaban J connectivity index is 1.40. The highest BCUT2D eigenvalue weighted by Gasteiger charge is 2.33. The molecule has 0 aromatic heterocycles. The van der Waals surface area contributed by atoms with E-state index in [1.807, 2.05) is 60.7 Å². The van der Waals surface area contributed by atoms with E-state index in [0.717, 1.165) is 22.4 Å². The summed E-state index contributed by atoms with van der Waals surface area (Å²) in [6.07, 6.45) is 0. The number of benzene rings is 3. The number of halogens is 1. The third-order valence-corrected chi connectivity index (χ3v) is 4.79. The highest BCUT2D eigenvalue weighted by molar-refractivity contribution is 6.30. The zero-order valence-electron chi connectivity index (χ0n) is 16.7. The Morgan fingerprint density at radius 1 is 0.900 bits per heavy atom. The molecule has 3 aromatic rings. The van der Waals surface area contributed by atoms with Gasteiger partial charge in [-0.2, -0.15) is 0 Å². The maximum atomic E-state index is 12.0. The van der Waals surface area contributed by atoms with Crippen molar-refractivity contribution in [1.82, 2.24) is 0 Å². The SMILES string of the molecule is CC1(C)OC(=O)c2ccc(NCc3ccc(C#Cc4ccc(Cl)cc4)cc3)cc2O1. The minimum absolute atomic E-state index is 0.372. The molecule has 0 radical (unpaired) electrons. The second-order valence-electron chi connectivity index (χ2n) is 7.41. The number of carbonyl (C=O) groups excluding carboxylic acids is 1. The maximum absolute atomic E-state index is 12.0. The average Bonchev–Trinajstić information content (AvgIpc) is 2.71. The van der Waals surface area contributed by atoms with Gasteiger partial charge in [0.15, 0.2) is 0 Å². The van der Waals surface area contributed by atoms with Gasteiger partial charge >= 0.3 is 5.97 Å². The average molecular weight is 418 g/mol. The predicted molar refractivity (Wildman–Crippen MR) is 118 cm³/mol. The zero-order chi connectivity index (χ0) is 21.1. The minimum Gasteiger partial charge on any atom is -0.452 e. The van der Waals surface area contributed by atoms with E-state index >= 15 is 0 Å². The van der Waals surface area contributed by atoms with Gasteiger partial charge in [0.05, 0.1) is 0 Å². The first-order valence-electron chi connectivity index (χ1n) is 9.55. The molecule has 1 heterocycles. The van der Waals surface area contributed by atoms with E-state index in [4.69, 9.17) is 21.1 Å². The molecule has 0 atom stereocenters. The lowest BCUT2D eigenvalue weighted by atomic mass is 10.1. The van der Waals surface area contributed by atoms with Crippen LogP contribution in [0.3, 0.4) is 0 Å². The highest BCUT2D eigenvalue weighted by atomic mass is 35.5. The molecular formula is C25H20ClNO3. The minimum atomic E-state index is -0.967. The van der Waals surface area contributed by atoms with E-state index in [2.05, 4.69) is 17.2 Å². The molecule has 3 aromatic carbocycles. The van der Waals surface area contributed by atoms with Crippen molar-refractivity contribution in [3.05, 3.63) is 94.0 Å². The molecule has 0 saturated carbocycles. The number of hydrogen-bond acceptors (Lipinski definition) is 4. The second kappa shape index (κ2) is 8.14. The van der Waals surface area contributed by atoms with Crippen LogP contribution in [-0.4, -0.2) is 11.8 Å². The number of esters is 1. The van der Waals surface area contributed by atoms with Gasteiger partial charge in [-0.3, -0.25) is 0 Å². The van der Waals surface area contributed by atoms with Crippen molar-refractivity contribution in [3.63, 3.8) is 0 Å². The summed E-state index contributed by atoms with van der Waals surface area (Å²) in [5, 5.41) is 4.06. The summed E-state index contributed by atoms with van der Waals surface area (Å²) in [4.78, 5) is 12.0. The fourth-order valence-corrected chi connectivity index (χ4v) is 3.16. The first-order valence-corrected chi connectivity index (χ1v) is 9.93. The van der Waals surface area contributed by atoms with Crippen molar-refractivity contribution in [2.45, 2.75) is 26.2 Å². The quantitative estimate of drug-likeness (QED) is 0.442. The number of fused-ring (bicyclic) bond motifs is 1. The first-order chi connectivity index (χ1) is 14.4. The van der Waals surface area contributed by atoms with Gasteiger partial charge in [-0.25, -0.2) is 4.79 Å². The van der Waals surface area contributed by atoms with E-state index in [1.54, 1.807) is 19.9 Å². The number of rotatable bonds is 3. The van der Waals surface area contributed by atoms with Gasteiger partial charge in [-0.15, -0.1) is 0 Å². The molecule has 4 nitrogen and oxygen atoms in total. The van der Waals surface area contributed by atoms with Crippen LogP contribution in [0.4, 0.5) is 5.69 Å². The van der Waals surface area contributed by atoms with Gasteiger partial charge in [0.25, 0.3) is 0 Å². The van der Waals surface area contributed by atoms with Crippen molar-refractivity contribution in [2.24, 2.45) is 0 Å². The number of cyclic esters (lactones) is 1. The zero-order valence-corrected chi connectivity index (χ0v) is 17.4. The van der Waals surface area contributed by atoms with Crippen LogP contribution in [0.1, 0.15) is 40.9 Å². The van der Waals surface area contributed by atoms with Gasteiger partial charge in [0, 0.05) is 48.3 Å². The molecule has 4 rings (SSSR count). The lowest BCUT2D eigenvalue weighted by Crippen LogP contribution is -2.38. The molecule has 150 valence electrons. The Hall–Kier alpha value is -3.42. The summed E-state index contributed by atoms with van der Waals surface area (Å²) in [6.45, 7) is 4.06. The van der Waals surface area contributed by atoms with Crippen molar-refractivity contribution in [2.75, 3.05) is 5.32 Å². The molecular weight excluding hydrogens is 398 g/mol. The van der Waals surface area contributed by atoms with Crippen molar-refractivity contribution in [1.29, 1.82) is 0 Å². The van der Waals surface area contributed by atoms with E-state index in [0.29, 0.717) is 22.9 Å². The predicted octanol–water partition coefficient (Wildman–Crippen LogP) is 5.64. The maximum Gasteiger partial charge on any atom is 0.345 e. The molecule has 1 aliphatic rings. The smallest absolute Gasteiger partial charge is 0.345 e. The van der Waals surface area contributed by atoms with Gasteiger partial charge in [-0.05, 0) is 54.1 Å². The summed E-state index contributed by atoms with van der Waals surface area (Å²) in [5.41, 5.74) is 4.28. The Bertz CT molecular complexity index is 1140. The summed E-state index contributed by atoms with van der Waals surface area (Å²) in [7, 11) is 0. The molecule has 0 saturated heterocycles. The monoisotopic (exact) mass is 417 g/mol. The standard InChI is InChI=1S/C25H20ClNO3/c1-25(2)29-23-15-21(13-14-22(23)24(28)30-25)27-16-19-7-5-17(6-8-19)3-4-18-9-11-20(26)12-10-18/h5-15,27H,16H2,1-2H3. The van der Waals surface area contributed by atoms with Gasteiger partial charge in [-0.1, -0.05) is 35.6 Å². The Morgan fingerprint density at radius 3 is 2.20 bits per heavy atom. The normalized spacial score (nSPS) is 13.9. The van der Waals surface area contributed by atoms with Crippen LogP contribution in [0.2, 0.25) is 5.02 Å². The van der Waals surface area contributed by atoms with E-state index in [1.165, 1.54) is 0 Å². The van der Waals surface area contributed by atoms with Crippen LogP contribution in [0.15, 0.2) is 66.7 Å². The Morgan fingerprint density at radius 2 is 1.53 bits per heavy atom. The van der Waals surface area contributed by atoms with Crippen LogP contribution < -0.4 is 10.1 Å². The summed E-state index contributed by atoms with van der Waals surface area (Å²) >= 11 is 5.89. The first kappa shape index (κ1) is 19.9. The van der Waals surface area contributed by atoms with Crippen molar-refractivity contribution in [3.8, 4) is 17.6 Å². The molecule has 5 heteroatoms. The van der Waals surface area contributed by atoms with Crippen LogP contribution in [0, 0.1) is 11.8 Å². The molecule has 0 unspecified atom stereocenters. The molecule has 0 bridgehead atoms. The van der Waals surface area contributed by atoms with Gasteiger partial charge in [0.2, 0.25) is 5.79 Å². The molecule has 0 fully saturated rings. The third-order valence-electron chi connectivity index (χ3n) is 4.54. The molecule has 30 heavy (non-hydrogen) atoms. The Kier molecular flexibility index (Phi) is 5.39. The number of ether oxygens (including phenoxy) is 2. The fourth-order valence-electron chi connectivity index (χ4n) is 3.04. The summed E-state index contributed by atoms with van der Waals surface area (Å²) in [6, 6.07) is 20.9. The summed E-state index contributed by atoms with van der Waals surface area (Å²) in [5.74, 6) is 5.47. The van der Waals surface area contributed by atoms with Crippen molar-refractivity contribution < 1.29 is 14.3 Å².